The lowest BCUT2D eigenvalue weighted by Gasteiger charge is -2.47. The molecule has 2 amide bonds. The monoisotopic (exact) mass is 911 g/mol. The smallest absolute Gasteiger partial charge is 0.301 e. The number of benzene rings is 2. The lowest BCUT2D eigenvalue weighted by molar-refractivity contribution is -0.134. The highest BCUT2D eigenvalue weighted by molar-refractivity contribution is 6.33. The Morgan fingerprint density at radius 3 is 2.43 bits per heavy atom. The van der Waals surface area contributed by atoms with Gasteiger partial charge in [0, 0.05) is 88.0 Å². The maximum atomic E-state index is 15.2. The number of nitrogens with one attached hydrogen (secondary N) is 3. The number of halogens is 3. The number of rotatable bonds is 9. The fraction of sp³-hybridized carbons (Fsp3) is 0.522. The Balaban J connectivity index is 0.673. The zero-order valence-electron chi connectivity index (χ0n) is 36.4. The molecule has 4 aliphatic heterocycles. The Hall–Kier alpha value is -5.59. The van der Waals surface area contributed by atoms with Crippen molar-refractivity contribution < 1.29 is 27.8 Å². The molecule has 11 rings (SSSR count). The summed E-state index contributed by atoms with van der Waals surface area (Å²) in [5.74, 6) is -3.35. The first-order valence-corrected chi connectivity index (χ1v) is 23.2. The SMILES string of the molecule is Cn1nc(C2CCC(=O)NC2=O)c2ccc(N3CCC(OC4CC(N5CCN(c6ncc(Cl)c(Nc7ccc8c(c7)c7c(c(=O)n8C)OCC(F)(F)C(C8CC8)N7)n6)CC5)C4)CC3)cc21. The number of pyridine rings is 1. The van der Waals surface area contributed by atoms with Gasteiger partial charge in [-0.25, -0.2) is 13.8 Å². The molecule has 5 aromatic rings. The van der Waals surface area contributed by atoms with Crippen LogP contribution in [0.5, 0.6) is 5.75 Å². The van der Waals surface area contributed by atoms with E-state index in [1.54, 1.807) is 25.4 Å². The molecule has 2 saturated carbocycles. The molecule has 0 spiro atoms. The third-order valence-corrected chi connectivity index (χ3v) is 14.7. The quantitative estimate of drug-likeness (QED) is 0.155. The summed E-state index contributed by atoms with van der Waals surface area (Å²) in [7, 11) is 3.51. The lowest BCUT2D eigenvalue weighted by atomic mass is 9.87. The molecule has 6 aliphatic rings. The minimum absolute atomic E-state index is 0.105. The van der Waals surface area contributed by atoms with Crippen molar-refractivity contribution in [1.29, 1.82) is 0 Å². The third-order valence-electron chi connectivity index (χ3n) is 14.4. The number of anilines is 5. The molecule has 19 heteroatoms. The predicted octanol–water partition coefficient (Wildman–Crippen LogP) is 5.69. The average molecular weight is 912 g/mol. The van der Waals surface area contributed by atoms with E-state index in [9.17, 15) is 14.4 Å². The van der Waals surface area contributed by atoms with E-state index >= 15 is 8.78 Å². The summed E-state index contributed by atoms with van der Waals surface area (Å²) in [4.78, 5) is 54.0. The fourth-order valence-electron chi connectivity index (χ4n) is 10.5. The van der Waals surface area contributed by atoms with Crippen LogP contribution in [-0.2, 0) is 28.4 Å². The van der Waals surface area contributed by atoms with Gasteiger partial charge in [0.2, 0.25) is 23.5 Å². The van der Waals surface area contributed by atoms with E-state index in [2.05, 4.69) is 53.8 Å². The number of fused-ring (bicyclic) bond motifs is 4. The Bertz CT molecular complexity index is 2760. The van der Waals surface area contributed by atoms with Crippen LogP contribution < -0.4 is 36.0 Å². The number of piperidine rings is 2. The second kappa shape index (κ2) is 16.4. The molecular weight excluding hydrogens is 860 g/mol. The highest BCUT2D eigenvalue weighted by Gasteiger charge is 2.51. The van der Waals surface area contributed by atoms with Crippen molar-refractivity contribution in [3.63, 3.8) is 0 Å². The number of aryl methyl sites for hydroxylation is 2. The third kappa shape index (κ3) is 7.90. The molecule has 16 nitrogen and oxygen atoms in total. The van der Waals surface area contributed by atoms with Gasteiger partial charge in [0.05, 0.1) is 52.8 Å². The van der Waals surface area contributed by atoms with Crippen molar-refractivity contribution in [2.45, 2.75) is 87.5 Å². The van der Waals surface area contributed by atoms with Crippen LogP contribution in [0.2, 0.25) is 5.02 Å². The van der Waals surface area contributed by atoms with Crippen LogP contribution in [0.4, 0.5) is 37.6 Å². The van der Waals surface area contributed by atoms with Crippen LogP contribution in [0.25, 0.3) is 21.8 Å². The number of hydrogen-bond acceptors (Lipinski definition) is 13. The summed E-state index contributed by atoms with van der Waals surface area (Å²) in [6.45, 7) is 4.23. The molecule has 2 atom stereocenters. The standard InChI is InChI=1S/C46H52ClF2N11O5/c1-56-35-9-5-26(19-33(35)39-40(44(56)63)64-24-46(48,49)41(53-39)25-3-4-25)51-42-34(47)23-50-45(54-42)60-17-15-59(16-18-60)28-20-30(21-28)65-29-11-13-58(14-12-29)27-6-7-31-36(22-27)57(2)55-38(31)32-8-10-37(61)52-43(32)62/h5-7,9,19,22-23,25,28-30,32,41,53H,3-4,8,10-18,20-21,24H2,1-2H3,(H,50,51,54)(H,52,61,62). The van der Waals surface area contributed by atoms with Gasteiger partial charge in [-0.15, -0.1) is 0 Å². The number of carbonyl (C=O) groups is 2. The zero-order chi connectivity index (χ0) is 44.7. The molecule has 3 aromatic heterocycles. The zero-order valence-corrected chi connectivity index (χ0v) is 37.1. The Labute approximate surface area is 378 Å². The van der Waals surface area contributed by atoms with Crippen molar-refractivity contribution in [2.75, 3.05) is 66.3 Å². The van der Waals surface area contributed by atoms with Gasteiger partial charge in [0.25, 0.3) is 5.56 Å². The number of imide groups is 1. The van der Waals surface area contributed by atoms with E-state index in [0.717, 1.165) is 87.2 Å². The van der Waals surface area contributed by atoms with E-state index in [-0.39, 0.29) is 41.4 Å². The Morgan fingerprint density at radius 2 is 1.68 bits per heavy atom. The second-order valence-electron chi connectivity index (χ2n) is 18.6. The largest absolute Gasteiger partial charge is 0.480 e. The summed E-state index contributed by atoms with van der Waals surface area (Å²) in [5, 5.41) is 15.4. The number of carbonyl (C=O) groups excluding carboxylic acids is 2. The molecule has 342 valence electrons. The number of hydrogen-bond donors (Lipinski definition) is 3. The van der Waals surface area contributed by atoms with Gasteiger partial charge in [-0.1, -0.05) is 11.6 Å². The van der Waals surface area contributed by atoms with Gasteiger partial charge in [-0.2, -0.15) is 10.1 Å². The van der Waals surface area contributed by atoms with Crippen LogP contribution >= 0.6 is 11.6 Å². The molecule has 0 radical (unpaired) electrons. The van der Waals surface area contributed by atoms with Gasteiger partial charge < -0.3 is 34.5 Å². The molecule has 2 unspecified atom stereocenters. The van der Waals surface area contributed by atoms with E-state index < -0.39 is 30.0 Å². The van der Waals surface area contributed by atoms with Crippen molar-refractivity contribution in [1.82, 2.24) is 34.5 Å². The molecule has 2 aliphatic carbocycles. The number of nitrogens with zero attached hydrogens (tertiary/aromatic N) is 8. The number of alkyl halides is 2. The topological polar surface area (TPSA) is 164 Å². The molecule has 0 bridgehead atoms. The van der Waals surface area contributed by atoms with Crippen molar-refractivity contribution in [3.8, 4) is 5.75 Å². The number of amides is 2. The number of aromatic nitrogens is 5. The first kappa shape index (κ1) is 42.1. The normalized spacial score (nSPS) is 25.1. The van der Waals surface area contributed by atoms with Gasteiger partial charge in [-0.3, -0.25) is 29.3 Å². The van der Waals surface area contributed by atoms with E-state index in [4.69, 9.17) is 31.2 Å². The number of piperazine rings is 1. The maximum Gasteiger partial charge on any atom is 0.301 e. The van der Waals surface area contributed by atoms with E-state index in [1.807, 2.05) is 17.8 Å². The molecular formula is C46H52ClF2N11O5. The summed E-state index contributed by atoms with van der Waals surface area (Å²) in [5.41, 5.74) is 3.84. The van der Waals surface area contributed by atoms with E-state index in [1.165, 1.54) is 4.57 Å². The fourth-order valence-corrected chi connectivity index (χ4v) is 10.6. The minimum Gasteiger partial charge on any atom is -0.480 e. The molecule has 5 fully saturated rings. The molecule has 65 heavy (non-hydrogen) atoms. The molecule has 3 N–H and O–H groups in total. The van der Waals surface area contributed by atoms with Crippen molar-refractivity contribution >= 4 is 74.0 Å². The second-order valence-corrected chi connectivity index (χ2v) is 19.0. The predicted molar refractivity (Wildman–Crippen MR) is 243 cm³/mol. The highest BCUT2D eigenvalue weighted by Crippen LogP contribution is 2.46. The summed E-state index contributed by atoms with van der Waals surface area (Å²) >= 11 is 6.63. The number of ether oxygens (including phenoxy) is 2. The van der Waals surface area contributed by atoms with Crippen LogP contribution in [-0.4, -0.2) is 117 Å². The van der Waals surface area contributed by atoms with Crippen molar-refractivity contribution in [3.05, 3.63) is 63.7 Å². The van der Waals surface area contributed by atoms with Gasteiger partial charge >= 0.3 is 5.92 Å². The van der Waals surface area contributed by atoms with Crippen LogP contribution in [0.1, 0.15) is 63.0 Å². The summed E-state index contributed by atoms with van der Waals surface area (Å²) < 4.78 is 45.7. The molecule has 2 aromatic carbocycles. The van der Waals surface area contributed by atoms with Gasteiger partial charge in [0.1, 0.15) is 5.02 Å². The molecule has 3 saturated heterocycles. The Morgan fingerprint density at radius 1 is 0.892 bits per heavy atom. The lowest BCUT2D eigenvalue weighted by Crippen LogP contribution is -2.56. The molecule has 7 heterocycles. The van der Waals surface area contributed by atoms with Crippen LogP contribution in [0.3, 0.4) is 0 Å². The first-order valence-electron chi connectivity index (χ1n) is 22.8. The summed E-state index contributed by atoms with van der Waals surface area (Å²) in [6.07, 6.45) is 8.25. The van der Waals surface area contributed by atoms with Gasteiger partial charge in [0.15, 0.2) is 12.4 Å². The van der Waals surface area contributed by atoms with Crippen LogP contribution in [0, 0.1) is 5.92 Å². The van der Waals surface area contributed by atoms with Crippen LogP contribution in [0.15, 0.2) is 47.4 Å². The first-order chi connectivity index (χ1) is 31.4. The maximum absolute atomic E-state index is 15.2. The van der Waals surface area contributed by atoms with E-state index in [0.29, 0.717) is 65.1 Å². The van der Waals surface area contributed by atoms with Gasteiger partial charge in [-0.05, 0) is 87.3 Å². The Kier molecular flexibility index (Phi) is 10.6. The summed E-state index contributed by atoms with van der Waals surface area (Å²) in [6, 6.07) is 11.1. The highest BCUT2D eigenvalue weighted by atomic mass is 35.5. The average Bonchev–Trinajstić information content (AvgIpc) is 4.09. The minimum atomic E-state index is -3.13. The van der Waals surface area contributed by atoms with Crippen molar-refractivity contribution in [2.24, 2.45) is 20.0 Å².